The van der Waals surface area contributed by atoms with Crippen molar-refractivity contribution in [1.82, 2.24) is 20.4 Å². The van der Waals surface area contributed by atoms with Gasteiger partial charge in [-0.15, -0.1) is 0 Å². The average molecular weight is 430 g/mol. The monoisotopic (exact) mass is 429 g/mol. The van der Waals surface area contributed by atoms with Crippen LogP contribution in [-0.2, 0) is 9.59 Å². The van der Waals surface area contributed by atoms with Crippen LogP contribution in [0.3, 0.4) is 0 Å². The fraction of sp³-hybridized carbons (Fsp3) is 0.792. The van der Waals surface area contributed by atoms with Crippen LogP contribution < -0.4 is 10.6 Å². The highest BCUT2D eigenvalue weighted by Gasteiger charge is 2.58. The van der Waals surface area contributed by atoms with E-state index in [1.165, 1.54) is 37.4 Å². The molecule has 0 spiro atoms. The third kappa shape index (κ3) is 4.81. The van der Waals surface area contributed by atoms with Crippen molar-refractivity contribution in [1.29, 1.82) is 0 Å². The third-order valence-corrected chi connectivity index (χ3v) is 7.55. The molecule has 2 amide bonds. The zero-order valence-electron chi connectivity index (χ0n) is 19.3. The topological polar surface area (TPSA) is 77.0 Å². The summed E-state index contributed by atoms with van der Waals surface area (Å²) in [5, 5.41) is 6.62. The molecule has 6 unspecified atom stereocenters. The molecule has 2 aliphatic carbocycles. The zero-order chi connectivity index (χ0) is 22.0. The first-order valence-corrected chi connectivity index (χ1v) is 12.2. The lowest BCUT2D eigenvalue weighted by atomic mass is 9.85. The number of nitrogens with one attached hydrogen (secondary N) is 2. The Morgan fingerprint density at radius 3 is 2.16 bits per heavy atom. The molecule has 0 aromatic carbocycles. The van der Waals surface area contributed by atoms with Gasteiger partial charge in [-0.25, -0.2) is 0 Å². The Morgan fingerprint density at radius 1 is 0.935 bits per heavy atom. The van der Waals surface area contributed by atoms with Crippen molar-refractivity contribution in [2.75, 3.05) is 46.3 Å². The van der Waals surface area contributed by atoms with Gasteiger partial charge in [0.1, 0.15) is 0 Å². The van der Waals surface area contributed by atoms with Gasteiger partial charge < -0.3 is 15.5 Å². The number of unbranched alkanes of at least 4 members (excludes halogenated alkanes) is 1. The number of piperidine rings is 1. The number of carbonyl (C=O) groups is 2. The summed E-state index contributed by atoms with van der Waals surface area (Å²) in [6.45, 7) is 10.2. The molecule has 0 aromatic heterocycles. The fourth-order valence-electron chi connectivity index (χ4n) is 6.33. The average Bonchev–Trinajstić information content (AvgIpc) is 3.41. The number of rotatable bonds is 8. The van der Waals surface area contributed by atoms with Gasteiger partial charge in [-0.1, -0.05) is 26.0 Å². The molecular formula is C24H39N5O2. The van der Waals surface area contributed by atoms with Crippen LogP contribution in [0.5, 0.6) is 0 Å². The van der Waals surface area contributed by atoms with Crippen LogP contribution in [-0.4, -0.2) is 73.9 Å². The SMILES string of the molecule is CN=C(NCCCCN1CC(C)CC(C)C1)NCCN1C(=O)C2C3C=CC(C3)C2C1=O. The van der Waals surface area contributed by atoms with E-state index in [2.05, 4.69) is 46.5 Å². The van der Waals surface area contributed by atoms with Gasteiger partial charge >= 0.3 is 0 Å². The van der Waals surface area contributed by atoms with E-state index in [9.17, 15) is 9.59 Å². The van der Waals surface area contributed by atoms with E-state index in [1.54, 1.807) is 7.05 Å². The quantitative estimate of drug-likeness (QED) is 0.202. The van der Waals surface area contributed by atoms with Crippen molar-refractivity contribution in [3.63, 3.8) is 0 Å². The van der Waals surface area contributed by atoms with Crippen molar-refractivity contribution in [3.8, 4) is 0 Å². The van der Waals surface area contributed by atoms with Crippen LogP contribution in [0, 0.1) is 35.5 Å². The van der Waals surface area contributed by atoms with Crippen LogP contribution in [0.15, 0.2) is 17.1 Å². The molecule has 2 aliphatic heterocycles. The fourth-order valence-corrected chi connectivity index (χ4v) is 6.33. The predicted molar refractivity (Wildman–Crippen MR) is 122 cm³/mol. The lowest BCUT2D eigenvalue weighted by Crippen LogP contribution is -2.44. The Kier molecular flexibility index (Phi) is 6.99. The van der Waals surface area contributed by atoms with Gasteiger partial charge in [-0.3, -0.25) is 19.5 Å². The van der Waals surface area contributed by atoms with Crippen LogP contribution >= 0.6 is 0 Å². The third-order valence-electron chi connectivity index (χ3n) is 7.55. The van der Waals surface area contributed by atoms with Crippen molar-refractivity contribution < 1.29 is 9.59 Å². The minimum absolute atomic E-state index is 0.0259. The molecule has 4 rings (SSSR count). The molecular weight excluding hydrogens is 390 g/mol. The molecule has 0 radical (unpaired) electrons. The smallest absolute Gasteiger partial charge is 0.233 e. The number of aliphatic imine (C=N–C) groups is 1. The van der Waals surface area contributed by atoms with Crippen molar-refractivity contribution in [2.24, 2.45) is 40.5 Å². The maximum Gasteiger partial charge on any atom is 0.233 e. The Morgan fingerprint density at radius 2 is 1.55 bits per heavy atom. The Bertz CT molecular complexity index is 695. The first-order chi connectivity index (χ1) is 15.0. The second-order valence-electron chi connectivity index (χ2n) is 10.2. The molecule has 2 bridgehead atoms. The maximum atomic E-state index is 12.7. The molecule has 172 valence electrons. The molecule has 2 N–H and O–H groups in total. The molecule has 2 saturated heterocycles. The number of likely N-dealkylation sites (tertiary alicyclic amines) is 2. The predicted octanol–water partition coefficient (Wildman–Crippen LogP) is 1.72. The van der Waals surface area contributed by atoms with E-state index in [1.807, 2.05) is 0 Å². The number of hydrogen-bond donors (Lipinski definition) is 2. The maximum absolute atomic E-state index is 12.7. The highest BCUT2D eigenvalue weighted by Crippen LogP contribution is 2.52. The van der Waals surface area contributed by atoms with E-state index >= 15 is 0 Å². The standard InChI is InChI=1S/C24H39N5O2/c1-16-12-17(2)15-28(14-16)10-5-4-8-26-24(25-3)27-9-11-29-22(30)20-18-6-7-19(13-18)21(20)23(29)31/h6-7,16-21H,4-5,8-15H2,1-3H3,(H2,25,26,27). The van der Waals surface area contributed by atoms with E-state index < -0.39 is 0 Å². The van der Waals surface area contributed by atoms with E-state index in [0.29, 0.717) is 13.1 Å². The molecule has 7 heteroatoms. The van der Waals surface area contributed by atoms with Crippen LogP contribution in [0.2, 0.25) is 0 Å². The Labute approximate surface area is 186 Å². The second-order valence-corrected chi connectivity index (χ2v) is 10.2. The Hall–Kier alpha value is -1.89. The molecule has 4 aliphatic rings. The second kappa shape index (κ2) is 9.72. The highest BCUT2D eigenvalue weighted by atomic mass is 16.2. The van der Waals surface area contributed by atoms with Crippen molar-refractivity contribution in [2.45, 2.75) is 39.5 Å². The van der Waals surface area contributed by atoms with Gasteiger partial charge in [0.15, 0.2) is 5.96 Å². The minimum Gasteiger partial charge on any atom is -0.356 e. The van der Waals surface area contributed by atoms with Crippen LogP contribution in [0.25, 0.3) is 0 Å². The Balaban J connectivity index is 1.12. The number of guanidine groups is 1. The largest absolute Gasteiger partial charge is 0.356 e. The molecule has 1 saturated carbocycles. The summed E-state index contributed by atoms with van der Waals surface area (Å²) in [6.07, 6.45) is 8.88. The normalized spacial score (nSPS) is 35.2. The summed E-state index contributed by atoms with van der Waals surface area (Å²) in [4.78, 5) is 33.8. The van der Waals surface area contributed by atoms with Gasteiger partial charge in [0.05, 0.1) is 11.8 Å². The van der Waals surface area contributed by atoms with Crippen molar-refractivity contribution >= 4 is 17.8 Å². The van der Waals surface area contributed by atoms with Crippen LogP contribution in [0.4, 0.5) is 0 Å². The van der Waals surface area contributed by atoms with Gasteiger partial charge in [0.25, 0.3) is 0 Å². The van der Waals surface area contributed by atoms with Crippen molar-refractivity contribution in [3.05, 3.63) is 12.2 Å². The van der Waals surface area contributed by atoms with E-state index in [4.69, 9.17) is 0 Å². The summed E-state index contributed by atoms with van der Waals surface area (Å²) < 4.78 is 0. The zero-order valence-corrected chi connectivity index (χ0v) is 19.3. The lowest BCUT2D eigenvalue weighted by molar-refractivity contribution is -0.140. The number of imide groups is 1. The van der Waals surface area contributed by atoms with Crippen LogP contribution in [0.1, 0.15) is 39.5 Å². The first-order valence-electron chi connectivity index (χ1n) is 12.2. The molecule has 31 heavy (non-hydrogen) atoms. The highest BCUT2D eigenvalue weighted by molar-refractivity contribution is 6.06. The summed E-state index contributed by atoms with van der Waals surface area (Å²) in [5.74, 6) is 2.75. The number of allylic oxidation sites excluding steroid dienone is 2. The first kappa shape index (κ1) is 22.3. The lowest BCUT2D eigenvalue weighted by Gasteiger charge is -2.34. The summed E-state index contributed by atoms with van der Waals surface area (Å²) in [6, 6.07) is 0. The number of nitrogens with zero attached hydrogens (tertiary/aromatic N) is 3. The van der Waals surface area contributed by atoms with Gasteiger partial charge in [-0.2, -0.15) is 0 Å². The summed E-state index contributed by atoms with van der Waals surface area (Å²) in [5.41, 5.74) is 0. The van der Waals surface area contributed by atoms with E-state index in [-0.39, 0.29) is 35.5 Å². The number of amides is 2. The number of carbonyl (C=O) groups excluding carboxylic acids is 2. The van der Waals surface area contributed by atoms with Gasteiger partial charge in [0.2, 0.25) is 11.8 Å². The minimum atomic E-state index is -0.106. The number of fused-ring (bicyclic) bond motifs is 5. The molecule has 0 aromatic rings. The number of hydrogen-bond acceptors (Lipinski definition) is 4. The van der Waals surface area contributed by atoms with Gasteiger partial charge in [0, 0.05) is 39.8 Å². The molecule has 7 nitrogen and oxygen atoms in total. The van der Waals surface area contributed by atoms with Gasteiger partial charge in [-0.05, 0) is 55.9 Å². The molecule has 2 heterocycles. The molecule has 6 atom stereocenters. The summed E-state index contributed by atoms with van der Waals surface area (Å²) >= 11 is 0. The summed E-state index contributed by atoms with van der Waals surface area (Å²) in [7, 11) is 1.76. The molecule has 3 fully saturated rings. The van der Waals surface area contributed by atoms with E-state index in [0.717, 1.165) is 37.2 Å².